The number of carbonyl (C=O) groups is 4. The monoisotopic (exact) mass is 632 g/mol. The minimum absolute atomic E-state index is 0.00350. The highest BCUT2D eigenvalue weighted by Crippen LogP contribution is 2.39. The second-order valence-corrected chi connectivity index (χ2v) is 14.6. The minimum atomic E-state index is -4.72. The first-order chi connectivity index (χ1) is 18.4. The van der Waals surface area contributed by atoms with Crippen LogP contribution in [0, 0.1) is 10.8 Å². The van der Waals surface area contributed by atoms with Gasteiger partial charge in [-0.15, -0.1) is 0 Å². The van der Waals surface area contributed by atoms with Gasteiger partial charge in [-0.1, -0.05) is 49.3 Å². The zero-order valence-corrected chi connectivity index (χ0v) is 26.1. The van der Waals surface area contributed by atoms with E-state index < -0.39 is 49.2 Å². The third-order valence-electron chi connectivity index (χ3n) is 5.85. The van der Waals surface area contributed by atoms with Gasteiger partial charge in [-0.05, 0) is 12.8 Å². The molecule has 0 aliphatic carbocycles. The summed E-state index contributed by atoms with van der Waals surface area (Å²) in [5.74, 6) is -0.0104. The molecule has 0 aromatic carbocycles. The Morgan fingerprint density at radius 3 is 2.02 bits per heavy atom. The van der Waals surface area contributed by atoms with Crippen LogP contribution in [0.1, 0.15) is 66.2 Å². The summed E-state index contributed by atoms with van der Waals surface area (Å²) in [6.07, 6.45) is -1.33. The van der Waals surface area contributed by atoms with E-state index in [0.29, 0.717) is 25.1 Å². The van der Waals surface area contributed by atoms with Crippen molar-refractivity contribution in [3.05, 3.63) is 0 Å². The van der Waals surface area contributed by atoms with Crippen LogP contribution < -0.4 is 10.6 Å². The average molecular weight is 633 g/mol. The van der Waals surface area contributed by atoms with Gasteiger partial charge in [-0.3, -0.25) is 23.7 Å². The van der Waals surface area contributed by atoms with Gasteiger partial charge in [-0.25, -0.2) is 4.57 Å². The van der Waals surface area contributed by atoms with Gasteiger partial charge in [0.1, 0.15) is 18.0 Å². The Morgan fingerprint density at radius 1 is 0.825 bits per heavy atom. The van der Waals surface area contributed by atoms with Crippen molar-refractivity contribution >= 4 is 52.8 Å². The van der Waals surface area contributed by atoms with Crippen LogP contribution in [0.25, 0.3) is 0 Å². The number of aliphatic hydroxyl groups is 3. The highest BCUT2D eigenvalue weighted by molar-refractivity contribution is 8.76. The molecule has 0 bridgehead atoms. The molecule has 0 aromatic heterocycles. The fourth-order valence-corrected chi connectivity index (χ4v) is 5.59. The molecule has 0 aromatic rings. The maximum Gasteiger partial charge on any atom is 0.469 e. The number of phosphoric ester groups is 1. The standard InChI is InChI=1S/C24H45N2O11PS2/c1-23(2,15-27)21(32)22(33)26-11-10-19(30)25-12-14-40-39-13-6-8-17(28)7-5-9-18(29)20(31)24(3,4)16-37-38(34,35)36/h20-21,27,31-32H,5-16H2,1-4H3,(H,25,30)(H,26,33)(H2,34,35,36)/t20-,21-/m0/s1. The maximum absolute atomic E-state index is 12.2. The number of phosphoric acid groups is 1. The third kappa shape index (κ3) is 17.7. The van der Waals surface area contributed by atoms with Gasteiger partial charge in [0.25, 0.3) is 0 Å². The van der Waals surface area contributed by atoms with Gasteiger partial charge >= 0.3 is 7.82 Å². The number of aliphatic hydroxyl groups excluding tert-OH is 3. The van der Waals surface area contributed by atoms with E-state index in [1.165, 1.54) is 13.8 Å². The molecule has 234 valence electrons. The summed E-state index contributed by atoms with van der Waals surface area (Å²) in [5, 5.41) is 34.5. The zero-order valence-electron chi connectivity index (χ0n) is 23.6. The lowest BCUT2D eigenvalue weighted by Crippen LogP contribution is -2.46. The first-order valence-corrected chi connectivity index (χ1v) is 16.9. The van der Waals surface area contributed by atoms with E-state index in [1.807, 2.05) is 0 Å². The predicted octanol–water partition coefficient (Wildman–Crippen LogP) is 0.955. The van der Waals surface area contributed by atoms with Crippen LogP contribution in [0.15, 0.2) is 0 Å². The van der Waals surface area contributed by atoms with E-state index in [0.717, 1.165) is 5.75 Å². The Kier molecular flexibility index (Phi) is 18.7. The van der Waals surface area contributed by atoms with Gasteiger partial charge in [-0.2, -0.15) is 0 Å². The molecule has 0 aliphatic rings. The Labute approximate surface area is 243 Å². The van der Waals surface area contributed by atoms with Crippen molar-refractivity contribution in [1.29, 1.82) is 0 Å². The molecule has 40 heavy (non-hydrogen) atoms. The molecule has 0 saturated heterocycles. The predicted molar refractivity (Wildman–Crippen MR) is 153 cm³/mol. The smallest absolute Gasteiger partial charge is 0.396 e. The lowest BCUT2D eigenvalue weighted by atomic mass is 9.84. The summed E-state index contributed by atoms with van der Waals surface area (Å²) >= 11 is 0. The second kappa shape index (κ2) is 19.2. The van der Waals surface area contributed by atoms with Crippen molar-refractivity contribution in [3.8, 4) is 0 Å². The first kappa shape index (κ1) is 39.0. The quantitative estimate of drug-likeness (QED) is 0.0475. The molecular formula is C24H45N2O11PS2. The van der Waals surface area contributed by atoms with Gasteiger partial charge in [0.05, 0.1) is 13.2 Å². The van der Waals surface area contributed by atoms with Crippen molar-refractivity contribution in [2.24, 2.45) is 10.8 Å². The first-order valence-electron chi connectivity index (χ1n) is 12.9. The highest BCUT2D eigenvalue weighted by Gasteiger charge is 2.35. The summed E-state index contributed by atoms with van der Waals surface area (Å²) in [6.45, 7) is 5.68. The molecule has 0 aliphatic heterocycles. The summed E-state index contributed by atoms with van der Waals surface area (Å²) in [7, 11) is -1.60. The van der Waals surface area contributed by atoms with Crippen LogP contribution in [0.4, 0.5) is 0 Å². The number of amides is 2. The molecule has 0 unspecified atom stereocenters. The van der Waals surface area contributed by atoms with Gasteiger partial charge < -0.3 is 35.7 Å². The number of Topliss-reactive ketones (excluding diaryl/α,β-unsaturated/α-hetero) is 2. The molecule has 2 amide bonds. The molecule has 2 atom stereocenters. The molecule has 0 spiro atoms. The number of hydrogen-bond acceptors (Lipinski definition) is 11. The van der Waals surface area contributed by atoms with Crippen LogP contribution in [-0.2, 0) is 28.3 Å². The fourth-order valence-electron chi connectivity index (χ4n) is 3.09. The van der Waals surface area contributed by atoms with Crippen molar-refractivity contribution in [2.45, 2.75) is 78.4 Å². The zero-order chi connectivity index (χ0) is 31.0. The summed E-state index contributed by atoms with van der Waals surface area (Å²) in [6, 6.07) is 0. The van der Waals surface area contributed by atoms with Crippen LogP contribution in [-0.4, -0.2) is 98.5 Å². The Morgan fingerprint density at radius 2 is 1.43 bits per heavy atom. The van der Waals surface area contributed by atoms with E-state index in [1.54, 1.807) is 35.4 Å². The SMILES string of the molecule is CC(C)(COP(=O)(O)O)[C@@H](O)C(=O)CCCC(=O)CCCSSCCNC(=O)CCNC(=O)[C@H](O)C(C)(C)CO. The fraction of sp³-hybridized carbons (Fsp3) is 0.833. The second-order valence-electron chi connectivity index (χ2n) is 10.7. The number of hydrogen-bond donors (Lipinski definition) is 7. The van der Waals surface area contributed by atoms with E-state index in [4.69, 9.17) is 9.79 Å². The Bertz CT molecular complexity index is 868. The van der Waals surface area contributed by atoms with Crippen molar-refractivity contribution in [1.82, 2.24) is 10.6 Å². The number of rotatable bonds is 23. The van der Waals surface area contributed by atoms with Crippen LogP contribution >= 0.6 is 29.4 Å². The third-order valence-corrected chi connectivity index (χ3v) is 8.81. The molecule has 0 saturated carbocycles. The van der Waals surface area contributed by atoms with Crippen molar-refractivity contribution < 1.29 is 53.4 Å². The molecule has 13 nitrogen and oxygen atoms in total. The summed E-state index contributed by atoms with van der Waals surface area (Å²) in [4.78, 5) is 65.5. The summed E-state index contributed by atoms with van der Waals surface area (Å²) in [5.41, 5.74) is -2.17. The van der Waals surface area contributed by atoms with Crippen LogP contribution in [0.2, 0.25) is 0 Å². The van der Waals surface area contributed by atoms with Crippen molar-refractivity contribution in [3.63, 3.8) is 0 Å². The molecule has 0 rings (SSSR count). The molecule has 7 N–H and O–H groups in total. The molecule has 0 fully saturated rings. The highest BCUT2D eigenvalue weighted by atomic mass is 33.1. The normalized spacial score (nSPS) is 13.9. The van der Waals surface area contributed by atoms with Crippen molar-refractivity contribution in [2.75, 3.05) is 37.8 Å². The number of ketones is 2. The lowest BCUT2D eigenvalue weighted by molar-refractivity contribution is -0.137. The van der Waals surface area contributed by atoms with E-state index in [9.17, 15) is 39.1 Å². The average Bonchev–Trinajstić information content (AvgIpc) is 2.87. The number of nitrogens with one attached hydrogen (secondary N) is 2. The van der Waals surface area contributed by atoms with Crippen LogP contribution in [0.3, 0.4) is 0 Å². The molecule has 0 heterocycles. The van der Waals surface area contributed by atoms with Gasteiger partial charge in [0.2, 0.25) is 11.8 Å². The number of carbonyl (C=O) groups excluding carboxylic acids is 4. The molecule has 16 heteroatoms. The topological polar surface area (TPSA) is 220 Å². The van der Waals surface area contributed by atoms with E-state index in [-0.39, 0.29) is 50.5 Å². The van der Waals surface area contributed by atoms with E-state index in [2.05, 4.69) is 15.2 Å². The lowest BCUT2D eigenvalue weighted by Gasteiger charge is -2.29. The van der Waals surface area contributed by atoms with Crippen LogP contribution in [0.5, 0.6) is 0 Å². The van der Waals surface area contributed by atoms with E-state index >= 15 is 0 Å². The van der Waals surface area contributed by atoms with Gasteiger partial charge in [0.15, 0.2) is 5.78 Å². The summed E-state index contributed by atoms with van der Waals surface area (Å²) < 4.78 is 15.2. The minimum Gasteiger partial charge on any atom is -0.396 e. The Hall–Kier alpha value is -1.03. The maximum atomic E-state index is 12.2. The molecule has 0 radical (unpaired) electrons. The largest absolute Gasteiger partial charge is 0.469 e. The molecular weight excluding hydrogens is 587 g/mol. The van der Waals surface area contributed by atoms with Gasteiger partial charge in [0, 0.05) is 61.1 Å². The Balaban J connectivity index is 3.87.